The van der Waals surface area contributed by atoms with E-state index in [1.807, 2.05) is 63.6 Å². The highest BCUT2D eigenvalue weighted by atomic mass is 16.5. The summed E-state index contributed by atoms with van der Waals surface area (Å²) in [5, 5.41) is 4.94. The van der Waals surface area contributed by atoms with Crippen LogP contribution in [-0.2, 0) is 16.8 Å². The molecule has 7 heteroatoms. The minimum Gasteiger partial charge on any atom is -0.368 e. The first-order valence-electron chi connectivity index (χ1n) is 11.1. The fourth-order valence-corrected chi connectivity index (χ4v) is 5.04. The second-order valence-electron chi connectivity index (χ2n) is 8.70. The zero-order chi connectivity index (χ0) is 21.7. The number of hydrogen-bond acceptors (Lipinski definition) is 4. The van der Waals surface area contributed by atoms with Crippen LogP contribution in [-0.4, -0.2) is 49.7 Å². The van der Waals surface area contributed by atoms with Crippen LogP contribution in [0.5, 0.6) is 0 Å². The van der Waals surface area contributed by atoms with E-state index in [0.29, 0.717) is 30.9 Å². The standard InChI is InChI=1S/C25H25N5O2/c1-18-16-29-12-5-8-21(23(29)26-18)24(31)28-13-10-25(11-14-28)22-19(9-15-32-25)17-30(27-22)20-6-3-2-4-7-20/h2-8,12,16-17H,9-11,13-15H2,1H3. The molecule has 0 saturated carbocycles. The maximum atomic E-state index is 13.3. The number of aryl methyl sites for hydroxylation is 1. The first-order valence-corrected chi connectivity index (χ1v) is 11.1. The number of benzene rings is 1. The van der Waals surface area contributed by atoms with Crippen molar-refractivity contribution < 1.29 is 9.53 Å². The van der Waals surface area contributed by atoms with E-state index in [2.05, 4.69) is 23.3 Å². The van der Waals surface area contributed by atoms with Gasteiger partial charge in [-0.2, -0.15) is 5.10 Å². The molecule has 0 aliphatic carbocycles. The van der Waals surface area contributed by atoms with Gasteiger partial charge in [-0.25, -0.2) is 9.67 Å². The molecular weight excluding hydrogens is 402 g/mol. The molecule has 1 saturated heterocycles. The number of imidazole rings is 1. The summed E-state index contributed by atoms with van der Waals surface area (Å²) in [5.41, 5.74) is 5.18. The van der Waals surface area contributed by atoms with Crippen LogP contribution in [0.15, 0.2) is 61.1 Å². The number of aromatic nitrogens is 4. The summed E-state index contributed by atoms with van der Waals surface area (Å²) in [7, 11) is 0. The topological polar surface area (TPSA) is 64.7 Å². The highest BCUT2D eigenvalue weighted by molar-refractivity contribution is 5.99. The molecule has 1 fully saturated rings. The molecule has 0 bridgehead atoms. The fraction of sp³-hybridized carbons (Fsp3) is 0.320. The summed E-state index contributed by atoms with van der Waals surface area (Å²) in [5.74, 6) is 0.0295. The number of carbonyl (C=O) groups is 1. The molecule has 0 unspecified atom stereocenters. The smallest absolute Gasteiger partial charge is 0.257 e. The number of piperidine rings is 1. The Morgan fingerprint density at radius 2 is 1.88 bits per heavy atom. The van der Waals surface area contributed by atoms with Gasteiger partial charge in [0.05, 0.1) is 29.2 Å². The SMILES string of the molecule is Cc1cn2cccc(C(=O)N3CCC4(CC3)OCCc3cn(-c5ccccc5)nc34)c2n1. The van der Waals surface area contributed by atoms with Crippen LogP contribution in [0.1, 0.15) is 40.2 Å². The number of ether oxygens (including phenoxy) is 1. The molecule has 0 N–H and O–H groups in total. The molecule has 3 aromatic heterocycles. The van der Waals surface area contributed by atoms with Crippen molar-refractivity contribution in [3.8, 4) is 5.69 Å². The fourth-order valence-electron chi connectivity index (χ4n) is 5.04. The van der Waals surface area contributed by atoms with Crippen LogP contribution in [0.3, 0.4) is 0 Å². The Bertz CT molecular complexity index is 1300. The van der Waals surface area contributed by atoms with E-state index in [9.17, 15) is 4.79 Å². The Kier molecular flexibility index (Phi) is 4.40. The van der Waals surface area contributed by atoms with E-state index < -0.39 is 5.60 Å². The minimum absolute atomic E-state index is 0.0295. The first kappa shape index (κ1) is 19.3. The second-order valence-corrected chi connectivity index (χ2v) is 8.70. The molecule has 1 amide bonds. The quantitative estimate of drug-likeness (QED) is 0.491. The number of nitrogens with zero attached hydrogens (tertiary/aromatic N) is 5. The Labute approximate surface area is 186 Å². The van der Waals surface area contributed by atoms with Gasteiger partial charge in [0, 0.05) is 31.7 Å². The Morgan fingerprint density at radius 3 is 2.69 bits per heavy atom. The predicted molar refractivity (Wildman–Crippen MR) is 120 cm³/mol. The van der Waals surface area contributed by atoms with Crippen LogP contribution >= 0.6 is 0 Å². The third-order valence-electron chi connectivity index (χ3n) is 6.68. The van der Waals surface area contributed by atoms with Crippen molar-refractivity contribution in [2.75, 3.05) is 19.7 Å². The van der Waals surface area contributed by atoms with E-state index in [-0.39, 0.29) is 5.91 Å². The average Bonchev–Trinajstić information content (AvgIpc) is 3.43. The van der Waals surface area contributed by atoms with Gasteiger partial charge in [-0.05, 0) is 56.0 Å². The van der Waals surface area contributed by atoms with E-state index in [1.165, 1.54) is 5.56 Å². The summed E-state index contributed by atoms with van der Waals surface area (Å²) < 4.78 is 10.2. The van der Waals surface area contributed by atoms with Gasteiger partial charge < -0.3 is 14.0 Å². The van der Waals surface area contributed by atoms with Gasteiger partial charge in [0.1, 0.15) is 11.2 Å². The lowest BCUT2D eigenvalue weighted by atomic mass is 9.83. The predicted octanol–water partition coefficient (Wildman–Crippen LogP) is 3.53. The molecule has 5 heterocycles. The molecule has 2 aliphatic heterocycles. The molecule has 7 nitrogen and oxygen atoms in total. The normalized spacial score (nSPS) is 17.6. The molecular formula is C25H25N5O2. The van der Waals surface area contributed by atoms with Crippen molar-refractivity contribution in [1.82, 2.24) is 24.1 Å². The number of fused-ring (bicyclic) bond motifs is 3. The highest BCUT2D eigenvalue weighted by Gasteiger charge is 2.44. The molecule has 0 atom stereocenters. The number of amides is 1. The number of para-hydroxylation sites is 1. The number of hydrogen-bond donors (Lipinski definition) is 0. The molecule has 1 spiro atoms. The number of pyridine rings is 1. The zero-order valence-corrected chi connectivity index (χ0v) is 18.1. The first-order chi connectivity index (χ1) is 15.6. The average molecular weight is 428 g/mol. The monoisotopic (exact) mass is 427 g/mol. The van der Waals surface area contributed by atoms with Gasteiger partial charge in [-0.1, -0.05) is 18.2 Å². The van der Waals surface area contributed by atoms with Gasteiger partial charge in [0.2, 0.25) is 0 Å². The van der Waals surface area contributed by atoms with Crippen molar-refractivity contribution in [1.29, 1.82) is 0 Å². The maximum absolute atomic E-state index is 13.3. The van der Waals surface area contributed by atoms with E-state index >= 15 is 0 Å². The van der Waals surface area contributed by atoms with Crippen molar-refractivity contribution in [3.63, 3.8) is 0 Å². The van der Waals surface area contributed by atoms with E-state index in [1.54, 1.807) is 0 Å². The van der Waals surface area contributed by atoms with Crippen LogP contribution < -0.4 is 0 Å². The minimum atomic E-state index is -0.416. The number of likely N-dealkylation sites (tertiary alicyclic amines) is 1. The van der Waals surface area contributed by atoms with E-state index in [4.69, 9.17) is 9.84 Å². The van der Waals surface area contributed by atoms with Gasteiger partial charge in [-0.15, -0.1) is 0 Å². The lowest BCUT2D eigenvalue weighted by Gasteiger charge is -2.43. The third kappa shape index (κ3) is 3.04. The van der Waals surface area contributed by atoms with E-state index in [0.717, 1.165) is 36.3 Å². The highest BCUT2D eigenvalue weighted by Crippen LogP contribution is 2.41. The molecule has 4 aromatic rings. The van der Waals surface area contributed by atoms with Crippen LogP contribution in [0.25, 0.3) is 11.3 Å². The van der Waals surface area contributed by atoms with Gasteiger partial charge in [0.15, 0.2) is 0 Å². The van der Waals surface area contributed by atoms with Crippen LogP contribution in [0.4, 0.5) is 0 Å². The van der Waals surface area contributed by atoms with Crippen molar-refractivity contribution in [3.05, 3.63) is 83.6 Å². The largest absolute Gasteiger partial charge is 0.368 e. The van der Waals surface area contributed by atoms with Gasteiger partial charge in [-0.3, -0.25) is 4.79 Å². The summed E-state index contributed by atoms with van der Waals surface area (Å²) in [4.78, 5) is 19.8. The van der Waals surface area contributed by atoms with Crippen molar-refractivity contribution in [2.45, 2.75) is 31.8 Å². The molecule has 2 aliphatic rings. The Hall–Kier alpha value is -3.45. The molecule has 1 aromatic carbocycles. The molecule has 32 heavy (non-hydrogen) atoms. The Morgan fingerprint density at radius 1 is 1.06 bits per heavy atom. The van der Waals surface area contributed by atoms with Crippen LogP contribution in [0.2, 0.25) is 0 Å². The van der Waals surface area contributed by atoms with Crippen molar-refractivity contribution in [2.24, 2.45) is 0 Å². The second kappa shape index (κ2) is 7.31. The summed E-state index contributed by atoms with van der Waals surface area (Å²) >= 11 is 0. The lowest BCUT2D eigenvalue weighted by Crippen LogP contribution is -2.48. The van der Waals surface area contributed by atoms with Gasteiger partial charge >= 0.3 is 0 Å². The van der Waals surface area contributed by atoms with Crippen molar-refractivity contribution >= 4 is 11.6 Å². The molecule has 6 rings (SSSR count). The van der Waals surface area contributed by atoms with Gasteiger partial charge in [0.25, 0.3) is 5.91 Å². The summed E-state index contributed by atoms with van der Waals surface area (Å²) in [6.07, 6.45) is 8.36. The summed E-state index contributed by atoms with van der Waals surface area (Å²) in [6.45, 7) is 3.90. The van der Waals surface area contributed by atoms with Crippen LogP contribution in [0, 0.1) is 6.92 Å². The molecule has 0 radical (unpaired) electrons. The molecule has 162 valence electrons. The zero-order valence-electron chi connectivity index (χ0n) is 18.1. The summed E-state index contributed by atoms with van der Waals surface area (Å²) in [6, 6.07) is 13.9. The lowest BCUT2D eigenvalue weighted by molar-refractivity contribution is -0.0963. The maximum Gasteiger partial charge on any atom is 0.257 e. The third-order valence-corrected chi connectivity index (χ3v) is 6.68. The Balaban J connectivity index is 1.26. The number of carbonyl (C=O) groups excluding carboxylic acids is 1. The number of rotatable bonds is 2.